The fraction of sp³-hybridized carbons (Fsp3) is 0. The van der Waals surface area contributed by atoms with Crippen LogP contribution in [0.4, 0.5) is 17.1 Å². The van der Waals surface area contributed by atoms with Gasteiger partial charge in [0, 0.05) is 38.0 Å². The molecule has 0 N–H and O–H groups in total. The summed E-state index contributed by atoms with van der Waals surface area (Å²) in [7, 11) is 0. The third kappa shape index (κ3) is 4.79. The van der Waals surface area contributed by atoms with E-state index in [1.54, 1.807) is 0 Å². The van der Waals surface area contributed by atoms with Crippen molar-refractivity contribution in [2.45, 2.75) is 0 Å². The zero-order chi connectivity index (χ0) is 37.5. The molecule has 0 saturated heterocycles. The molecule has 0 spiro atoms. The summed E-state index contributed by atoms with van der Waals surface area (Å²) in [4.78, 5) is 2.43. The van der Waals surface area contributed by atoms with Crippen molar-refractivity contribution < 1.29 is 4.42 Å². The summed E-state index contributed by atoms with van der Waals surface area (Å²) in [6, 6.07) is 74.5. The SMILES string of the molecule is c1ccc(-n2c3ccccc3c3cc(-c4ccc(N(c5cc6ccccc6c6ccccc56)c5cccc6c5oc5ccccc56)c5ccccc45)ccc32)cc1. The second kappa shape index (κ2) is 12.5. The number of aromatic nitrogens is 1. The lowest BCUT2D eigenvalue weighted by molar-refractivity contribution is 0.669. The van der Waals surface area contributed by atoms with Crippen molar-refractivity contribution >= 4 is 93.1 Å². The molecule has 0 radical (unpaired) electrons. The minimum Gasteiger partial charge on any atom is -0.454 e. The maximum atomic E-state index is 6.78. The van der Waals surface area contributed by atoms with Gasteiger partial charge >= 0.3 is 0 Å². The number of rotatable bonds is 5. The van der Waals surface area contributed by atoms with E-state index >= 15 is 0 Å². The fourth-order valence-corrected chi connectivity index (χ4v) is 9.24. The Labute approximate surface area is 328 Å². The maximum Gasteiger partial charge on any atom is 0.159 e. The molecule has 3 heteroatoms. The predicted molar refractivity (Wildman–Crippen MR) is 241 cm³/mol. The average molecular weight is 727 g/mol. The second-order valence-electron chi connectivity index (χ2n) is 14.8. The topological polar surface area (TPSA) is 21.3 Å². The van der Waals surface area contributed by atoms with Gasteiger partial charge in [-0.2, -0.15) is 0 Å². The van der Waals surface area contributed by atoms with Gasteiger partial charge in [-0.1, -0.05) is 152 Å². The molecule has 2 aromatic heterocycles. The minimum atomic E-state index is 0.865. The van der Waals surface area contributed by atoms with Crippen molar-refractivity contribution in [3.63, 3.8) is 0 Å². The molecule has 266 valence electrons. The highest BCUT2D eigenvalue weighted by molar-refractivity contribution is 6.19. The standard InChI is InChI=1S/C54H34N2O/c1-2-16-37(17-3-1)55-48-26-12-10-23-44(48)47-33-36(29-31-50(47)55)39-30-32-49(42-21-8-6-20-41(39)42)56(51-27-14-25-46-45-24-11-13-28-53(45)57-54(46)51)52-34-35-15-4-5-18-38(35)40-19-7-9-22-43(40)52/h1-34H. The van der Waals surface area contributed by atoms with Crippen LogP contribution in [0.5, 0.6) is 0 Å². The molecule has 2 heterocycles. The first-order valence-electron chi connectivity index (χ1n) is 19.5. The van der Waals surface area contributed by atoms with E-state index in [-0.39, 0.29) is 0 Å². The third-order valence-electron chi connectivity index (χ3n) is 11.8. The molecule has 10 aromatic carbocycles. The Morgan fingerprint density at radius 1 is 0.351 bits per heavy atom. The first-order chi connectivity index (χ1) is 28.3. The lowest BCUT2D eigenvalue weighted by Crippen LogP contribution is -2.11. The zero-order valence-corrected chi connectivity index (χ0v) is 30.9. The zero-order valence-electron chi connectivity index (χ0n) is 30.9. The monoisotopic (exact) mass is 726 g/mol. The summed E-state index contributed by atoms with van der Waals surface area (Å²) in [5, 5.41) is 11.9. The Hall–Kier alpha value is -7.62. The summed E-state index contributed by atoms with van der Waals surface area (Å²) in [5.41, 5.74) is 10.9. The number of benzene rings is 10. The molecule has 0 aliphatic rings. The minimum absolute atomic E-state index is 0.865. The maximum absolute atomic E-state index is 6.78. The summed E-state index contributed by atoms with van der Waals surface area (Å²) in [6.45, 7) is 0. The van der Waals surface area contributed by atoms with Crippen LogP contribution in [0.1, 0.15) is 0 Å². The Bertz CT molecular complexity index is 3540. The molecule has 0 aliphatic heterocycles. The Balaban J connectivity index is 1.13. The van der Waals surface area contributed by atoms with Crippen molar-refractivity contribution in [3.8, 4) is 16.8 Å². The highest BCUT2D eigenvalue weighted by Crippen LogP contribution is 2.49. The van der Waals surface area contributed by atoms with E-state index in [4.69, 9.17) is 4.42 Å². The molecule has 12 aromatic rings. The van der Waals surface area contributed by atoms with Crippen LogP contribution >= 0.6 is 0 Å². The third-order valence-corrected chi connectivity index (χ3v) is 11.8. The normalized spacial score (nSPS) is 11.9. The first-order valence-corrected chi connectivity index (χ1v) is 19.5. The van der Waals surface area contributed by atoms with E-state index in [1.807, 2.05) is 6.07 Å². The Morgan fingerprint density at radius 3 is 1.82 bits per heavy atom. The highest BCUT2D eigenvalue weighted by Gasteiger charge is 2.24. The smallest absolute Gasteiger partial charge is 0.159 e. The van der Waals surface area contributed by atoms with Crippen LogP contribution < -0.4 is 4.90 Å². The number of nitrogens with zero attached hydrogens (tertiary/aromatic N) is 2. The summed E-state index contributed by atoms with van der Waals surface area (Å²) in [5.74, 6) is 0. The molecule has 0 fully saturated rings. The van der Waals surface area contributed by atoms with E-state index in [9.17, 15) is 0 Å². The van der Waals surface area contributed by atoms with Crippen LogP contribution in [0, 0.1) is 0 Å². The molecule has 3 nitrogen and oxygen atoms in total. The van der Waals surface area contributed by atoms with Crippen LogP contribution in [0.3, 0.4) is 0 Å². The number of anilines is 3. The van der Waals surface area contributed by atoms with Crippen LogP contribution in [0.2, 0.25) is 0 Å². The molecule has 0 unspecified atom stereocenters. The van der Waals surface area contributed by atoms with Crippen LogP contribution in [-0.2, 0) is 0 Å². The van der Waals surface area contributed by atoms with E-state index in [1.165, 1.54) is 59.9 Å². The molecule has 12 rings (SSSR count). The quantitative estimate of drug-likeness (QED) is 0.165. The highest BCUT2D eigenvalue weighted by atomic mass is 16.3. The van der Waals surface area contributed by atoms with Gasteiger partial charge in [0.2, 0.25) is 0 Å². The van der Waals surface area contributed by atoms with Gasteiger partial charge in [-0.25, -0.2) is 0 Å². The van der Waals surface area contributed by atoms with Crippen LogP contribution in [-0.4, -0.2) is 4.57 Å². The number of fused-ring (bicyclic) bond motifs is 10. The van der Waals surface area contributed by atoms with E-state index in [0.717, 1.165) is 50.1 Å². The van der Waals surface area contributed by atoms with Crippen LogP contribution in [0.15, 0.2) is 211 Å². The molecule has 0 amide bonds. The molecular weight excluding hydrogens is 693 g/mol. The number of hydrogen-bond donors (Lipinski definition) is 0. The Kier molecular flexibility index (Phi) is 6.93. The second-order valence-corrected chi connectivity index (χ2v) is 14.8. The van der Waals surface area contributed by atoms with E-state index < -0.39 is 0 Å². The van der Waals surface area contributed by atoms with Gasteiger partial charge in [0.05, 0.1) is 28.1 Å². The lowest BCUT2D eigenvalue weighted by atomic mass is 9.94. The summed E-state index contributed by atoms with van der Waals surface area (Å²) >= 11 is 0. The molecule has 0 atom stereocenters. The van der Waals surface area contributed by atoms with Gasteiger partial charge in [0.15, 0.2) is 5.58 Å². The van der Waals surface area contributed by atoms with Gasteiger partial charge < -0.3 is 13.9 Å². The molecular formula is C54H34N2O. The number of furan rings is 1. The van der Waals surface area contributed by atoms with E-state index in [0.29, 0.717) is 0 Å². The predicted octanol–water partition coefficient (Wildman–Crippen LogP) is 15.3. The fourth-order valence-electron chi connectivity index (χ4n) is 9.24. The van der Waals surface area contributed by atoms with Crippen LogP contribution in [0.25, 0.3) is 92.9 Å². The summed E-state index contributed by atoms with van der Waals surface area (Å²) in [6.07, 6.45) is 0. The van der Waals surface area contributed by atoms with Gasteiger partial charge in [-0.05, 0) is 87.3 Å². The number of para-hydroxylation sites is 4. The van der Waals surface area contributed by atoms with Gasteiger partial charge in [-0.15, -0.1) is 0 Å². The van der Waals surface area contributed by atoms with Crippen molar-refractivity contribution in [3.05, 3.63) is 206 Å². The first kappa shape index (κ1) is 31.7. The lowest BCUT2D eigenvalue weighted by Gasteiger charge is -2.29. The average Bonchev–Trinajstić information content (AvgIpc) is 3.83. The summed E-state index contributed by atoms with van der Waals surface area (Å²) < 4.78 is 9.15. The van der Waals surface area contributed by atoms with Crippen molar-refractivity contribution in [1.29, 1.82) is 0 Å². The molecule has 0 bridgehead atoms. The largest absolute Gasteiger partial charge is 0.454 e. The van der Waals surface area contributed by atoms with Crippen molar-refractivity contribution in [2.24, 2.45) is 0 Å². The number of hydrogen-bond acceptors (Lipinski definition) is 2. The van der Waals surface area contributed by atoms with Crippen molar-refractivity contribution in [2.75, 3.05) is 4.90 Å². The molecule has 57 heavy (non-hydrogen) atoms. The van der Waals surface area contributed by atoms with Gasteiger partial charge in [0.25, 0.3) is 0 Å². The molecule has 0 aliphatic carbocycles. The molecule has 0 saturated carbocycles. The van der Waals surface area contributed by atoms with E-state index in [2.05, 4.69) is 210 Å². The van der Waals surface area contributed by atoms with Gasteiger partial charge in [0.1, 0.15) is 5.58 Å². The Morgan fingerprint density at radius 2 is 0.982 bits per heavy atom. The van der Waals surface area contributed by atoms with Gasteiger partial charge in [-0.3, -0.25) is 0 Å². The van der Waals surface area contributed by atoms with Crippen molar-refractivity contribution in [1.82, 2.24) is 4.57 Å².